The molecule has 0 saturated heterocycles. The predicted octanol–water partition coefficient (Wildman–Crippen LogP) is 5.52. The van der Waals surface area contributed by atoms with Crippen molar-refractivity contribution in [3.8, 4) is 5.19 Å². The molecule has 0 aromatic carbocycles. The molecule has 36 heavy (non-hydrogen) atoms. The highest BCUT2D eigenvalue weighted by Crippen LogP contribution is 2.39. The Hall–Kier alpha value is -1.66. The van der Waals surface area contributed by atoms with Crippen LogP contribution in [-0.4, -0.2) is 63.4 Å². The van der Waals surface area contributed by atoms with Crippen LogP contribution in [0.25, 0.3) is 0 Å². The van der Waals surface area contributed by atoms with Crippen molar-refractivity contribution in [2.75, 3.05) is 19.6 Å². The Balaban J connectivity index is 1.18. The lowest BCUT2D eigenvalue weighted by molar-refractivity contribution is -0.189. The molecule has 0 bridgehead atoms. The number of ketones is 1. The van der Waals surface area contributed by atoms with Crippen LogP contribution in [0.1, 0.15) is 66.0 Å². The second-order valence-electron chi connectivity index (χ2n) is 9.97. The summed E-state index contributed by atoms with van der Waals surface area (Å²) >= 11 is 2.62. The number of Topliss-reactive ketones (excluding diaryl/α,β-unsaturated/α-hetero) is 1. The molecular weight excluding hydrogens is 516 g/mol. The van der Waals surface area contributed by atoms with Gasteiger partial charge < -0.3 is 9.64 Å². The number of rotatable bonds is 9. The van der Waals surface area contributed by atoms with Crippen LogP contribution >= 0.6 is 22.7 Å². The molecule has 1 atom stereocenters. The number of thiazole rings is 1. The number of hydrogen-bond donors (Lipinski definition) is 0. The van der Waals surface area contributed by atoms with E-state index in [0.717, 1.165) is 46.9 Å². The maximum absolute atomic E-state index is 15.5. The average molecular weight is 549 g/mol. The first-order valence-electron chi connectivity index (χ1n) is 12.4. The summed E-state index contributed by atoms with van der Waals surface area (Å²) in [5, 5.41) is 9.62. The van der Waals surface area contributed by atoms with Crippen LogP contribution in [0.15, 0.2) is 0 Å². The summed E-state index contributed by atoms with van der Waals surface area (Å²) in [4.78, 5) is 19.8. The minimum atomic E-state index is -4.42. The van der Waals surface area contributed by atoms with Crippen molar-refractivity contribution in [3.05, 3.63) is 20.6 Å². The van der Waals surface area contributed by atoms with E-state index in [0.29, 0.717) is 58.0 Å². The highest BCUT2D eigenvalue weighted by molar-refractivity contribution is 7.13. The molecule has 3 heterocycles. The number of nitrogens with zero attached hydrogens (tertiary/aromatic N) is 4. The van der Waals surface area contributed by atoms with Gasteiger partial charge in [-0.1, -0.05) is 11.3 Å². The SMILES string of the molecule is Cc1nnc(CC(=O)CC2CCC(F)(CCN3CCc4nc(O[C@H](C)C(F)(F)F)sc4CC3)CC2)s1. The lowest BCUT2D eigenvalue weighted by Gasteiger charge is -2.35. The van der Waals surface area contributed by atoms with Gasteiger partial charge in [0.2, 0.25) is 0 Å². The molecule has 12 heteroatoms. The van der Waals surface area contributed by atoms with Crippen molar-refractivity contribution >= 4 is 28.5 Å². The molecular formula is C24H32F4N4O2S2. The Labute approximate surface area is 216 Å². The third-order valence-electron chi connectivity index (χ3n) is 7.13. The number of carbonyl (C=O) groups is 1. The summed E-state index contributed by atoms with van der Waals surface area (Å²) in [5.41, 5.74) is -0.421. The van der Waals surface area contributed by atoms with Crippen LogP contribution in [0, 0.1) is 12.8 Å². The van der Waals surface area contributed by atoms with Crippen LogP contribution in [0.3, 0.4) is 0 Å². The molecule has 0 N–H and O–H groups in total. The van der Waals surface area contributed by atoms with Gasteiger partial charge in [-0.25, -0.2) is 9.37 Å². The van der Waals surface area contributed by atoms with Gasteiger partial charge in [0.1, 0.15) is 21.5 Å². The first-order chi connectivity index (χ1) is 17.0. The first-order valence-corrected chi connectivity index (χ1v) is 14.1. The molecule has 2 aliphatic rings. The zero-order valence-electron chi connectivity index (χ0n) is 20.6. The number of alkyl halides is 4. The monoisotopic (exact) mass is 548 g/mol. The number of aromatic nitrogens is 3. The van der Waals surface area contributed by atoms with E-state index in [9.17, 15) is 18.0 Å². The van der Waals surface area contributed by atoms with Crippen molar-refractivity contribution in [1.29, 1.82) is 0 Å². The van der Waals surface area contributed by atoms with Gasteiger partial charge in [-0.05, 0) is 58.3 Å². The van der Waals surface area contributed by atoms with E-state index >= 15 is 4.39 Å². The van der Waals surface area contributed by atoms with E-state index in [1.54, 1.807) is 0 Å². The van der Waals surface area contributed by atoms with Gasteiger partial charge >= 0.3 is 6.18 Å². The number of ether oxygens (including phenoxy) is 1. The van der Waals surface area contributed by atoms with Gasteiger partial charge in [0.05, 0.1) is 12.1 Å². The third-order valence-corrected chi connectivity index (χ3v) is 9.01. The number of halogens is 4. The minimum absolute atomic E-state index is 0.0645. The van der Waals surface area contributed by atoms with Gasteiger partial charge in [-0.15, -0.1) is 21.5 Å². The summed E-state index contributed by atoms with van der Waals surface area (Å²) in [6, 6.07) is 0. The van der Waals surface area contributed by atoms with Crippen LogP contribution < -0.4 is 4.74 Å². The van der Waals surface area contributed by atoms with E-state index in [4.69, 9.17) is 4.74 Å². The number of hydrogen-bond acceptors (Lipinski definition) is 8. The zero-order chi connectivity index (χ0) is 25.9. The van der Waals surface area contributed by atoms with E-state index < -0.39 is 17.9 Å². The molecule has 1 saturated carbocycles. The lowest BCUT2D eigenvalue weighted by Crippen LogP contribution is -2.36. The highest BCUT2D eigenvalue weighted by Gasteiger charge is 2.39. The molecule has 0 amide bonds. The molecule has 1 aliphatic carbocycles. The normalized spacial score (nSPS) is 24.2. The van der Waals surface area contributed by atoms with Gasteiger partial charge in [0, 0.05) is 37.4 Å². The second-order valence-corrected chi connectivity index (χ2v) is 12.3. The maximum atomic E-state index is 15.5. The summed E-state index contributed by atoms with van der Waals surface area (Å²) < 4.78 is 58.8. The summed E-state index contributed by atoms with van der Waals surface area (Å²) in [6.07, 6.45) is -1.38. The van der Waals surface area contributed by atoms with Crippen molar-refractivity contribution in [3.63, 3.8) is 0 Å². The van der Waals surface area contributed by atoms with E-state index in [1.165, 1.54) is 22.7 Å². The van der Waals surface area contributed by atoms with Gasteiger partial charge in [-0.3, -0.25) is 4.79 Å². The van der Waals surface area contributed by atoms with Crippen molar-refractivity contribution in [2.45, 2.75) is 89.6 Å². The van der Waals surface area contributed by atoms with Crippen molar-refractivity contribution in [2.24, 2.45) is 5.92 Å². The molecule has 2 aromatic heterocycles. The minimum Gasteiger partial charge on any atom is -0.457 e. The Morgan fingerprint density at radius 2 is 1.92 bits per heavy atom. The second kappa shape index (κ2) is 11.4. The van der Waals surface area contributed by atoms with E-state index in [1.807, 2.05) is 6.92 Å². The van der Waals surface area contributed by atoms with Crippen LogP contribution in [0.4, 0.5) is 17.6 Å². The predicted molar refractivity (Wildman–Crippen MR) is 130 cm³/mol. The van der Waals surface area contributed by atoms with Gasteiger partial charge in [-0.2, -0.15) is 13.2 Å². The first kappa shape index (κ1) is 27.4. The Morgan fingerprint density at radius 3 is 2.58 bits per heavy atom. The van der Waals surface area contributed by atoms with Gasteiger partial charge in [0.25, 0.3) is 5.19 Å². The molecule has 200 valence electrons. The fourth-order valence-electron chi connectivity index (χ4n) is 4.86. The number of fused-ring (bicyclic) bond motifs is 1. The smallest absolute Gasteiger partial charge is 0.425 e. The van der Waals surface area contributed by atoms with Crippen molar-refractivity contribution in [1.82, 2.24) is 20.1 Å². The quantitative estimate of drug-likeness (QED) is 0.384. The molecule has 1 aliphatic heterocycles. The average Bonchev–Trinajstić information content (AvgIpc) is 3.34. The summed E-state index contributed by atoms with van der Waals surface area (Å²) in [6.45, 7) is 4.90. The maximum Gasteiger partial charge on any atom is 0.425 e. The molecule has 4 rings (SSSR count). The van der Waals surface area contributed by atoms with Crippen LogP contribution in [-0.2, 0) is 24.1 Å². The summed E-state index contributed by atoms with van der Waals surface area (Å²) in [7, 11) is 0. The number of carbonyl (C=O) groups excluding carboxylic acids is 1. The van der Waals surface area contributed by atoms with Crippen molar-refractivity contribution < 1.29 is 27.1 Å². The fourth-order valence-corrected chi connectivity index (χ4v) is 6.61. The Kier molecular flexibility index (Phi) is 8.66. The Bertz CT molecular complexity index is 1010. The van der Waals surface area contributed by atoms with Crippen LogP contribution in [0.5, 0.6) is 5.19 Å². The molecule has 2 aromatic rings. The van der Waals surface area contributed by atoms with Gasteiger partial charge in [0.15, 0.2) is 6.10 Å². The topological polar surface area (TPSA) is 68.2 Å². The van der Waals surface area contributed by atoms with Crippen LogP contribution in [0.2, 0.25) is 0 Å². The summed E-state index contributed by atoms with van der Waals surface area (Å²) in [5.74, 6) is 0.377. The lowest BCUT2D eigenvalue weighted by atomic mass is 9.76. The molecule has 6 nitrogen and oxygen atoms in total. The Morgan fingerprint density at radius 1 is 1.19 bits per heavy atom. The molecule has 0 unspecified atom stereocenters. The number of aryl methyl sites for hydroxylation is 1. The van der Waals surface area contributed by atoms with E-state index in [2.05, 4.69) is 20.1 Å². The standard InChI is InChI=1S/C24H32F4N4O2S2/c1-15(24(26,27)28)34-22-29-19-5-10-32(11-6-20(19)36-22)12-9-23(25)7-3-17(4-8-23)13-18(33)14-21-31-30-16(2)35-21/h15,17H,3-14H2,1-2H3/t15-,17?,23?/m1/s1. The largest absolute Gasteiger partial charge is 0.457 e. The fraction of sp³-hybridized carbons (Fsp3) is 0.750. The third kappa shape index (κ3) is 7.44. The molecule has 0 radical (unpaired) electrons. The highest BCUT2D eigenvalue weighted by atomic mass is 32.1. The molecule has 1 fully saturated rings. The molecule has 0 spiro atoms. The zero-order valence-corrected chi connectivity index (χ0v) is 22.2. The van der Waals surface area contributed by atoms with E-state index in [-0.39, 0.29) is 16.9 Å².